The first-order chi connectivity index (χ1) is 7.25. The number of carbonyl (C=O) groups is 1. The van der Waals surface area contributed by atoms with E-state index in [-0.39, 0.29) is 0 Å². The van der Waals surface area contributed by atoms with Gasteiger partial charge in [-0.15, -0.1) is 11.3 Å². The third-order valence-corrected chi connectivity index (χ3v) is 3.45. The van der Waals surface area contributed by atoms with Crippen LogP contribution in [0, 0.1) is 0 Å². The summed E-state index contributed by atoms with van der Waals surface area (Å²) in [5, 5.41) is 14.0. The molecular formula is C10H14N2O2S. The first-order valence-electron chi connectivity index (χ1n) is 4.99. The minimum Gasteiger partial charge on any atom is -0.477 e. The van der Waals surface area contributed by atoms with Crippen LogP contribution in [0.2, 0.25) is 0 Å². The number of nitrogens with one attached hydrogen (secondary N) is 1. The van der Waals surface area contributed by atoms with Gasteiger partial charge in [-0.1, -0.05) is 0 Å². The molecule has 2 heterocycles. The van der Waals surface area contributed by atoms with Crippen molar-refractivity contribution in [3.8, 4) is 0 Å². The summed E-state index contributed by atoms with van der Waals surface area (Å²) >= 11 is 1.30. The molecule has 15 heavy (non-hydrogen) atoms. The van der Waals surface area contributed by atoms with Crippen LogP contribution >= 0.6 is 11.3 Å². The standard InChI is InChI=1S/C10H14N2O2S/c13-10(14)9-5-8(7-15-9)6-12-3-1-11-2-4-12/h5,7,11H,1-4,6H2,(H,13,14). The van der Waals surface area contributed by atoms with E-state index in [1.54, 1.807) is 6.07 Å². The Hall–Kier alpha value is -0.910. The minimum absolute atomic E-state index is 0.431. The zero-order chi connectivity index (χ0) is 10.7. The minimum atomic E-state index is -0.827. The van der Waals surface area contributed by atoms with Gasteiger partial charge in [0.1, 0.15) is 4.88 Å². The predicted molar refractivity (Wildman–Crippen MR) is 59.4 cm³/mol. The molecule has 0 unspecified atom stereocenters. The third kappa shape index (κ3) is 2.77. The fourth-order valence-corrected chi connectivity index (χ4v) is 2.44. The molecule has 1 aliphatic heterocycles. The van der Waals surface area contributed by atoms with Crippen LogP contribution in [0.5, 0.6) is 0 Å². The average Bonchev–Trinajstić information content (AvgIpc) is 2.68. The van der Waals surface area contributed by atoms with Crippen LogP contribution in [0.1, 0.15) is 15.2 Å². The number of aromatic carboxylic acids is 1. The highest BCUT2D eigenvalue weighted by Crippen LogP contribution is 2.16. The summed E-state index contributed by atoms with van der Waals surface area (Å²) in [6.45, 7) is 4.99. The topological polar surface area (TPSA) is 52.6 Å². The van der Waals surface area contributed by atoms with E-state index in [1.807, 2.05) is 5.38 Å². The number of nitrogens with zero attached hydrogens (tertiary/aromatic N) is 1. The normalized spacial score (nSPS) is 17.9. The summed E-state index contributed by atoms with van der Waals surface area (Å²) in [7, 11) is 0. The molecule has 0 amide bonds. The maximum Gasteiger partial charge on any atom is 0.345 e. The number of carboxylic acids is 1. The van der Waals surface area contributed by atoms with E-state index in [1.165, 1.54) is 11.3 Å². The van der Waals surface area contributed by atoms with Gasteiger partial charge in [-0.05, 0) is 17.0 Å². The highest BCUT2D eigenvalue weighted by molar-refractivity contribution is 7.12. The number of thiophene rings is 1. The average molecular weight is 226 g/mol. The number of rotatable bonds is 3. The van der Waals surface area contributed by atoms with Gasteiger partial charge in [-0.3, -0.25) is 4.90 Å². The summed E-state index contributed by atoms with van der Waals surface area (Å²) in [4.78, 5) is 13.5. The zero-order valence-corrected chi connectivity index (χ0v) is 9.22. The molecule has 4 nitrogen and oxygen atoms in total. The van der Waals surface area contributed by atoms with E-state index in [2.05, 4.69) is 10.2 Å². The Labute approximate surface area is 92.5 Å². The molecule has 0 atom stereocenters. The Bertz CT molecular complexity index is 345. The van der Waals surface area contributed by atoms with Crippen molar-refractivity contribution in [1.29, 1.82) is 0 Å². The van der Waals surface area contributed by atoms with Crippen molar-refractivity contribution in [1.82, 2.24) is 10.2 Å². The summed E-state index contributed by atoms with van der Waals surface area (Å²) in [6, 6.07) is 1.77. The SMILES string of the molecule is O=C(O)c1cc(CN2CCNCC2)cs1. The van der Waals surface area contributed by atoms with Gasteiger partial charge in [-0.25, -0.2) is 4.79 Å². The molecular weight excluding hydrogens is 212 g/mol. The lowest BCUT2D eigenvalue weighted by Crippen LogP contribution is -2.42. The quantitative estimate of drug-likeness (QED) is 0.802. The van der Waals surface area contributed by atoms with Crippen LogP contribution in [-0.4, -0.2) is 42.2 Å². The van der Waals surface area contributed by atoms with Crippen LogP contribution < -0.4 is 5.32 Å². The number of carboxylic acid groups (broad SMARTS) is 1. The van der Waals surface area contributed by atoms with Gasteiger partial charge in [0.25, 0.3) is 0 Å². The van der Waals surface area contributed by atoms with Crippen LogP contribution in [0.15, 0.2) is 11.4 Å². The molecule has 0 bridgehead atoms. The van der Waals surface area contributed by atoms with Crippen LogP contribution in [0.4, 0.5) is 0 Å². The van der Waals surface area contributed by atoms with E-state index < -0.39 is 5.97 Å². The van der Waals surface area contributed by atoms with E-state index in [9.17, 15) is 4.79 Å². The second-order valence-electron chi connectivity index (χ2n) is 3.65. The lowest BCUT2D eigenvalue weighted by atomic mass is 10.2. The second-order valence-corrected chi connectivity index (χ2v) is 4.56. The molecule has 1 aromatic heterocycles. The summed E-state index contributed by atoms with van der Waals surface area (Å²) in [5.74, 6) is -0.827. The van der Waals surface area contributed by atoms with Crippen LogP contribution in [0.3, 0.4) is 0 Å². The van der Waals surface area contributed by atoms with Gasteiger partial charge < -0.3 is 10.4 Å². The zero-order valence-electron chi connectivity index (χ0n) is 8.40. The molecule has 0 radical (unpaired) electrons. The van der Waals surface area contributed by atoms with Crippen molar-refractivity contribution in [2.75, 3.05) is 26.2 Å². The highest BCUT2D eigenvalue weighted by atomic mass is 32.1. The molecule has 0 spiro atoms. The van der Waals surface area contributed by atoms with Crippen LogP contribution in [-0.2, 0) is 6.54 Å². The van der Waals surface area contributed by atoms with Crippen molar-refractivity contribution in [3.63, 3.8) is 0 Å². The van der Waals surface area contributed by atoms with Crippen molar-refractivity contribution in [2.24, 2.45) is 0 Å². The number of piperazine rings is 1. The fraction of sp³-hybridized carbons (Fsp3) is 0.500. The van der Waals surface area contributed by atoms with E-state index >= 15 is 0 Å². The maximum atomic E-state index is 10.7. The van der Waals surface area contributed by atoms with Gasteiger partial charge in [0, 0.05) is 32.7 Å². The molecule has 0 saturated carbocycles. The largest absolute Gasteiger partial charge is 0.477 e. The lowest BCUT2D eigenvalue weighted by molar-refractivity contribution is 0.0702. The Morgan fingerprint density at radius 2 is 2.27 bits per heavy atom. The van der Waals surface area contributed by atoms with Gasteiger partial charge in [0.05, 0.1) is 0 Å². The summed E-state index contributed by atoms with van der Waals surface area (Å²) < 4.78 is 0. The molecule has 1 aliphatic rings. The predicted octanol–water partition coefficient (Wildman–Crippen LogP) is 0.852. The van der Waals surface area contributed by atoms with Gasteiger partial charge in [0.2, 0.25) is 0 Å². The molecule has 82 valence electrons. The van der Waals surface area contributed by atoms with Gasteiger partial charge in [0.15, 0.2) is 0 Å². The fourth-order valence-electron chi connectivity index (χ4n) is 1.70. The maximum absolute atomic E-state index is 10.7. The number of hydrogen-bond donors (Lipinski definition) is 2. The van der Waals surface area contributed by atoms with Crippen molar-refractivity contribution < 1.29 is 9.90 Å². The first kappa shape index (κ1) is 10.6. The summed E-state index contributed by atoms with van der Waals surface area (Å²) in [5.41, 5.74) is 1.11. The lowest BCUT2D eigenvalue weighted by Gasteiger charge is -2.26. The molecule has 0 aliphatic carbocycles. The molecule has 5 heteroatoms. The molecule has 1 saturated heterocycles. The second kappa shape index (κ2) is 4.74. The smallest absolute Gasteiger partial charge is 0.345 e. The molecule has 1 fully saturated rings. The van der Waals surface area contributed by atoms with Crippen molar-refractivity contribution in [2.45, 2.75) is 6.54 Å². The summed E-state index contributed by atoms with van der Waals surface area (Å²) in [6.07, 6.45) is 0. The monoisotopic (exact) mass is 226 g/mol. The van der Waals surface area contributed by atoms with E-state index in [0.29, 0.717) is 4.88 Å². The first-order valence-corrected chi connectivity index (χ1v) is 5.87. The Morgan fingerprint density at radius 1 is 1.53 bits per heavy atom. The van der Waals surface area contributed by atoms with E-state index in [0.717, 1.165) is 38.3 Å². The highest BCUT2D eigenvalue weighted by Gasteiger charge is 2.12. The van der Waals surface area contributed by atoms with Gasteiger partial charge >= 0.3 is 5.97 Å². The number of hydrogen-bond acceptors (Lipinski definition) is 4. The molecule has 1 aromatic rings. The third-order valence-electron chi connectivity index (χ3n) is 2.48. The molecule has 2 N–H and O–H groups in total. The Balaban J connectivity index is 1.94. The van der Waals surface area contributed by atoms with Crippen molar-refractivity contribution in [3.05, 3.63) is 21.9 Å². The van der Waals surface area contributed by atoms with Crippen LogP contribution in [0.25, 0.3) is 0 Å². The molecule has 2 rings (SSSR count). The molecule has 0 aromatic carbocycles. The van der Waals surface area contributed by atoms with Gasteiger partial charge in [-0.2, -0.15) is 0 Å². The van der Waals surface area contributed by atoms with Crippen molar-refractivity contribution >= 4 is 17.3 Å². The Morgan fingerprint density at radius 3 is 2.87 bits per heavy atom. The Kier molecular flexibility index (Phi) is 3.35. The van der Waals surface area contributed by atoms with E-state index in [4.69, 9.17) is 5.11 Å².